The molecule has 1 saturated heterocycles. The van der Waals surface area contributed by atoms with Crippen LogP contribution in [0.15, 0.2) is 18.2 Å². The van der Waals surface area contributed by atoms with E-state index in [-0.39, 0.29) is 0 Å². The number of likely N-dealkylation sites (N-methyl/N-ethyl adjacent to an activating group) is 1. The number of hydrogen-bond donors (Lipinski definition) is 1. The van der Waals surface area contributed by atoms with Crippen molar-refractivity contribution in [3.63, 3.8) is 0 Å². The van der Waals surface area contributed by atoms with Gasteiger partial charge in [-0.3, -0.25) is 0 Å². The third-order valence-corrected chi connectivity index (χ3v) is 3.68. The van der Waals surface area contributed by atoms with E-state index in [0.29, 0.717) is 12.1 Å². The van der Waals surface area contributed by atoms with Crippen molar-refractivity contribution in [3.8, 4) is 0 Å². The van der Waals surface area contributed by atoms with E-state index in [1.807, 2.05) is 0 Å². The molecule has 1 fully saturated rings. The monoisotopic (exact) mass is 283 g/mol. The number of halogens is 2. The first-order valence-corrected chi connectivity index (χ1v) is 7.20. The summed E-state index contributed by atoms with van der Waals surface area (Å²) in [6.45, 7) is 6.99. The lowest BCUT2D eigenvalue weighted by Crippen LogP contribution is -2.45. The molecule has 0 aromatic heterocycles. The smallest absolute Gasteiger partial charge is 0.126 e. The maximum absolute atomic E-state index is 13.0. The molecule has 112 valence electrons. The number of nitrogens with one attached hydrogen (secondary N) is 1. The zero-order valence-electron chi connectivity index (χ0n) is 12.0. The van der Waals surface area contributed by atoms with E-state index in [1.165, 1.54) is 12.1 Å². The van der Waals surface area contributed by atoms with Gasteiger partial charge in [0.05, 0.1) is 0 Å². The minimum atomic E-state index is -0.515. The quantitative estimate of drug-likeness (QED) is 0.802. The lowest BCUT2D eigenvalue weighted by Gasteiger charge is -2.32. The molecule has 1 aliphatic heterocycles. The van der Waals surface area contributed by atoms with Gasteiger partial charge < -0.3 is 15.1 Å². The molecule has 2 rings (SSSR count). The number of piperazine rings is 1. The van der Waals surface area contributed by atoms with E-state index in [1.54, 1.807) is 0 Å². The van der Waals surface area contributed by atoms with Gasteiger partial charge in [-0.15, -0.1) is 0 Å². The molecular weight excluding hydrogens is 260 g/mol. The van der Waals surface area contributed by atoms with E-state index >= 15 is 0 Å². The summed E-state index contributed by atoms with van der Waals surface area (Å²) in [7, 11) is 2.15. The van der Waals surface area contributed by atoms with Gasteiger partial charge in [-0.2, -0.15) is 0 Å². The number of nitrogens with zero attached hydrogens (tertiary/aromatic N) is 2. The summed E-state index contributed by atoms with van der Waals surface area (Å²) < 4.78 is 26.0. The van der Waals surface area contributed by atoms with Crippen LogP contribution in [0.25, 0.3) is 0 Å². The minimum Gasteiger partial charge on any atom is -0.313 e. The van der Waals surface area contributed by atoms with E-state index < -0.39 is 11.6 Å². The van der Waals surface area contributed by atoms with Gasteiger partial charge in [-0.05, 0) is 44.3 Å². The van der Waals surface area contributed by atoms with Crippen LogP contribution < -0.4 is 5.32 Å². The van der Waals surface area contributed by atoms with Crippen LogP contribution in [0, 0.1) is 11.6 Å². The largest absolute Gasteiger partial charge is 0.313 e. The Morgan fingerprint density at radius 3 is 2.35 bits per heavy atom. The summed E-state index contributed by atoms with van der Waals surface area (Å²) in [5.41, 5.74) is 0.655. The Kier molecular flexibility index (Phi) is 5.88. The second kappa shape index (κ2) is 7.67. The van der Waals surface area contributed by atoms with E-state index in [9.17, 15) is 8.78 Å². The first-order valence-electron chi connectivity index (χ1n) is 7.20. The van der Waals surface area contributed by atoms with E-state index in [0.717, 1.165) is 51.8 Å². The van der Waals surface area contributed by atoms with Crippen molar-refractivity contribution in [3.05, 3.63) is 35.4 Å². The number of rotatable bonds is 6. The fourth-order valence-electron chi connectivity index (χ4n) is 2.44. The molecular formula is C15H23F2N3. The lowest BCUT2D eigenvalue weighted by molar-refractivity contribution is 0.153. The highest BCUT2D eigenvalue weighted by atomic mass is 19.1. The average Bonchev–Trinajstić information content (AvgIpc) is 2.39. The topological polar surface area (TPSA) is 18.5 Å². The van der Waals surface area contributed by atoms with Crippen LogP contribution >= 0.6 is 0 Å². The molecule has 3 nitrogen and oxygen atoms in total. The SMILES string of the molecule is CN1CCN(CCCNCc2cc(F)cc(F)c2)CC1. The molecule has 0 saturated carbocycles. The second-order valence-electron chi connectivity index (χ2n) is 5.45. The zero-order chi connectivity index (χ0) is 14.4. The predicted octanol–water partition coefficient (Wildman–Crippen LogP) is 1.69. The molecule has 0 unspecified atom stereocenters. The van der Waals surface area contributed by atoms with E-state index in [4.69, 9.17) is 0 Å². The van der Waals surface area contributed by atoms with Gasteiger partial charge in [0.1, 0.15) is 11.6 Å². The molecule has 1 heterocycles. The summed E-state index contributed by atoms with van der Waals surface area (Å²) >= 11 is 0. The Morgan fingerprint density at radius 1 is 1.05 bits per heavy atom. The molecule has 1 aromatic rings. The third kappa shape index (κ3) is 5.15. The van der Waals surface area contributed by atoms with Gasteiger partial charge in [0, 0.05) is 38.8 Å². The molecule has 0 amide bonds. The number of benzene rings is 1. The van der Waals surface area contributed by atoms with Crippen molar-refractivity contribution < 1.29 is 8.78 Å². The summed E-state index contributed by atoms with van der Waals surface area (Å²) in [5, 5.41) is 3.23. The van der Waals surface area contributed by atoms with Gasteiger partial charge in [-0.25, -0.2) is 8.78 Å². The molecule has 0 spiro atoms. The van der Waals surface area contributed by atoms with Crippen LogP contribution in [-0.4, -0.2) is 56.1 Å². The summed E-state index contributed by atoms with van der Waals surface area (Å²) in [6, 6.07) is 3.64. The maximum atomic E-state index is 13.0. The minimum absolute atomic E-state index is 0.511. The standard InChI is InChI=1S/C15H23F2N3/c1-19-5-7-20(8-6-19)4-2-3-18-12-13-9-14(16)11-15(17)10-13/h9-11,18H,2-8,12H2,1H3. The van der Waals surface area contributed by atoms with Crippen LogP contribution in [0.4, 0.5) is 8.78 Å². The van der Waals surface area contributed by atoms with Crippen molar-refractivity contribution in [2.24, 2.45) is 0 Å². The first kappa shape index (κ1) is 15.4. The molecule has 1 aliphatic rings. The highest BCUT2D eigenvalue weighted by Crippen LogP contribution is 2.07. The fourth-order valence-corrected chi connectivity index (χ4v) is 2.44. The van der Waals surface area contributed by atoms with Crippen molar-refractivity contribution in [1.82, 2.24) is 15.1 Å². The Balaban J connectivity index is 1.59. The average molecular weight is 283 g/mol. The number of hydrogen-bond acceptors (Lipinski definition) is 3. The van der Waals surface area contributed by atoms with Gasteiger partial charge in [0.2, 0.25) is 0 Å². The second-order valence-corrected chi connectivity index (χ2v) is 5.45. The van der Waals surface area contributed by atoms with Gasteiger partial charge in [0.25, 0.3) is 0 Å². The van der Waals surface area contributed by atoms with Crippen LogP contribution in [0.1, 0.15) is 12.0 Å². The predicted molar refractivity (Wildman–Crippen MR) is 76.6 cm³/mol. The summed E-state index contributed by atoms with van der Waals surface area (Å²) in [6.07, 6.45) is 1.06. The van der Waals surface area contributed by atoms with Crippen molar-refractivity contribution in [1.29, 1.82) is 0 Å². The van der Waals surface area contributed by atoms with Gasteiger partial charge in [-0.1, -0.05) is 0 Å². The summed E-state index contributed by atoms with van der Waals surface area (Å²) in [5.74, 6) is -1.03. The van der Waals surface area contributed by atoms with Crippen molar-refractivity contribution in [2.75, 3.05) is 46.3 Å². The molecule has 20 heavy (non-hydrogen) atoms. The molecule has 0 atom stereocenters. The Labute approximate surface area is 119 Å². The lowest BCUT2D eigenvalue weighted by atomic mass is 10.2. The van der Waals surface area contributed by atoms with Crippen LogP contribution in [0.3, 0.4) is 0 Å². The van der Waals surface area contributed by atoms with Gasteiger partial charge in [0.15, 0.2) is 0 Å². The Hall–Kier alpha value is -1.04. The Morgan fingerprint density at radius 2 is 1.70 bits per heavy atom. The first-order chi connectivity index (χ1) is 9.63. The highest BCUT2D eigenvalue weighted by molar-refractivity contribution is 5.17. The maximum Gasteiger partial charge on any atom is 0.126 e. The molecule has 0 bridgehead atoms. The molecule has 1 N–H and O–H groups in total. The van der Waals surface area contributed by atoms with Crippen LogP contribution in [0.2, 0.25) is 0 Å². The van der Waals surface area contributed by atoms with Crippen LogP contribution in [-0.2, 0) is 6.54 Å². The third-order valence-electron chi connectivity index (χ3n) is 3.68. The zero-order valence-corrected chi connectivity index (χ0v) is 12.0. The van der Waals surface area contributed by atoms with E-state index in [2.05, 4.69) is 22.2 Å². The molecule has 5 heteroatoms. The van der Waals surface area contributed by atoms with Gasteiger partial charge >= 0.3 is 0 Å². The summed E-state index contributed by atoms with van der Waals surface area (Å²) in [4.78, 5) is 4.80. The molecule has 1 aromatic carbocycles. The van der Waals surface area contributed by atoms with Crippen molar-refractivity contribution >= 4 is 0 Å². The Bertz CT molecular complexity index is 397. The molecule has 0 aliphatic carbocycles. The van der Waals surface area contributed by atoms with Crippen LogP contribution in [0.5, 0.6) is 0 Å². The molecule has 0 radical (unpaired) electrons. The van der Waals surface area contributed by atoms with Crippen molar-refractivity contribution in [2.45, 2.75) is 13.0 Å². The normalized spacial score (nSPS) is 17.6. The fraction of sp³-hybridized carbons (Fsp3) is 0.600. The highest BCUT2D eigenvalue weighted by Gasteiger charge is 2.12.